The highest BCUT2D eigenvalue weighted by molar-refractivity contribution is 5.48. The Morgan fingerprint density at radius 1 is 0.714 bits per heavy atom. The Morgan fingerprint density at radius 3 is 1.93 bits per heavy atom. The minimum atomic E-state index is -0.239. The van der Waals surface area contributed by atoms with Gasteiger partial charge in [0.15, 0.2) is 0 Å². The molecule has 1 nitrogen and oxygen atoms in total. The number of halogens is 1. The molecule has 0 N–H and O–H groups in total. The van der Waals surface area contributed by atoms with Gasteiger partial charge in [0.05, 0.1) is 11.4 Å². The lowest BCUT2D eigenvalue weighted by Gasteiger charge is -2.01. The van der Waals surface area contributed by atoms with Crippen LogP contribution in [0.5, 0.6) is 0 Å². The maximum absolute atomic E-state index is 12.6. The summed E-state index contributed by atoms with van der Waals surface area (Å²) in [6.45, 7) is 0. The summed E-state index contributed by atoms with van der Waals surface area (Å²) in [7, 11) is 0. The van der Waals surface area contributed by atoms with Crippen molar-refractivity contribution in [3.63, 3.8) is 0 Å². The normalized spacial score (nSPS) is 9.79. The van der Waals surface area contributed by atoms with Crippen molar-refractivity contribution in [1.82, 2.24) is 5.32 Å². The van der Waals surface area contributed by atoms with E-state index in [1.54, 1.807) is 12.1 Å². The zero-order valence-electron chi connectivity index (χ0n) is 7.52. The molecule has 0 saturated heterocycles. The second-order valence-corrected chi connectivity index (χ2v) is 2.92. The van der Waals surface area contributed by atoms with Crippen LogP contribution >= 0.6 is 0 Å². The molecule has 0 unspecified atom stereocenters. The van der Waals surface area contributed by atoms with Gasteiger partial charge in [0.25, 0.3) is 0 Å². The van der Waals surface area contributed by atoms with Gasteiger partial charge >= 0.3 is 0 Å². The first-order valence-electron chi connectivity index (χ1n) is 4.37. The minimum Gasteiger partial charge on any atom is -0.249 e. The zero-order chi connectivity index (χ0) is 9.80. The van der Waals surface area contributed by atoms with Crippen molar-refractivity contribution in [2.24, 2.45) is 0 Å². The van der Waals surface area contributed by atoms with Crippen molar-refractivity contribution >= 4 is 11.4 Å². The minimum absolute atomic E-state index is 0.239. The maximum Gasteiger partial charge on any atom is 0.123 e. The summed E-state index contributed by atoms with van der Waals surface area (Å²) < 4.78 is 12.6. The molecule has 69 valence electrons. The van der Waals surface area contributed by atoms with Gasteiger partial charge in [0.1, 0.15) is 5.82 Å². The predicted molar refractivity (Wildman–Crippen MR) is 54.3 cm³/mol. The van der Waals surface area contributed by atoms with Crippen LogP contribution in [0, 0.1) is 5.82 Å². The van der Waals surface area contributed by atoms with Gasteiger partial charge in [0, 0.05) is 0 Å². The summed E-state index contributed by atoms with van der Waals surface area (Å²) in [5, 5.41) is 4.32. The van der Waals surface area contributed by atoms with E-state index in [1.807, 2.05) is 30.3 Å². The number of hydrogen-bond donors (Lipinski definition) is 0. The van der Waals surface area contributed by atoms with E-state index in [0.29, 0.717) is 0 Å². The van der Waals surface area contributed by atoms with Crippen molar-refractivity contribution in [3.05, 3.63) is 60.4 Å². The van der Waals surface area contributed by atoms with Crippen molar-refractivity contribution in [2.45, 2.75) is 0 Å². The van der Waals surface area contributed by atoms with Gasteiger partial charge in [-0.1, -0.05) is 18.2 Å². The van der Waals surface area contributed by atoms with Crippen LogP contribution in [-0.4, -0.2) is 0 Å². The molecule has 0 aliphatic heterocycles. The summed E-state index contributed by atoms with van der Waals surface area (Å²) in [5.41, 5.74) is 1.64. The standard InChI is InChI=1S/C12H9FN/c13-10-6-8-12(9-7-10)14-11-4-2-1-3-5-11/h1-9H. The van der Waals surface area contributed by atoms with Crippen LogP contribution in [0.3, 0.4) is 0 Å². The molecule has 0 spiro atoms. The Balaban J connectivity index is 2.16. The molecule has 0 fully saturated rings. The molecule has 0 saturated carbocycles. The Hall–Kier alpha value is -1.83. The van der Waals surface area contributed by atoms with Gasteiger partial charge in [-0.15, -0.1) is 0 Å². The molecule has 0 atom stereocenters. The fourth-order valence-electron chi connectivity index (χ4n) is 1.17. The lowest BCUT2D eigenvalue weighted by atomic mass is 10.2. The predicted octanol–water partition coefficient (Wildman–Crippen LogP) is 3.39. The summed E-state index contributed by atoms with van der Waals surface area (Å²) in [5.74, 6) is -0.239. The molecular formula is C12H9FN. The molecule has 2 aromatic carbocycles. The van der Waals surface area contributed by atoms with Gasteiger partial charge < -0.3 is 0 Å². The Morgan fingerprint density at radius 2 is 1.29 bits per heavy atom. The third-order valence-corrected chi connectivity index (χ3v) is 1.84. The summed E-state index contributed by atoms with van der Waals surface area (Å²) >= 11 is 0. The van der Waals surface area contributed by atoms with E-state index in [9.17, 15) is 4.39 Å². The highest BCUT2D eigenvalue weighted by Crippen LogP contribution is 2.16. The molecule has 0 aromatic heterocycles. The molecule has 0 bridgehead atoms. The van der Waals surface area contributed by atoms with Gasteiger partial charge in [-0.05, 0) is 36.4 Å². The molecule has 0 amide bonds. The van der Waals surface area contributed by atoms with Crippen LogP contribution in [-0.2, 0) is 0 Å². The number of benzene rings is 2. The Kier molecular flexibility index (Phi) is 2.45. The van der Waals surface area contributed by atoms with Crippen molar-refractivity contribution in [3.8, 4) is 0 Å². The van der Waals surface area contributed by atoms with Gasteiger partial charge in [0.2, 0.25) is 0 Å². The quantitative estimate of drug-likeness (QED) is 0.682. The molecule has 2 heteroatoms. The molecule has 1 radical (unpaired) electrons. The van der Waals surface area contributed by atoms with Crippen LogP contribution < -0.4 is 5.32 Å². The van der Waals surface area contributed by atoms with Gasteiger partial charge in [-0.2, -0.15) is 0 Å². The Bertz CT molecular complexity index is 394. The molecule has 0 aliphatic rings. The first kappa shape index (κ1) is 8.75. The van der Waals surface area contributed by atoms with Crippen molar-refractivity contribution in [1.29, 1.82) is 0 Å². The third-order valence-electron chi connectivity index (χ3n) is 1.84. The van der Waals surface area contributed by atoms with Crippen molar-refractivity contribution in [2.75, 3.05) is 0 Å². The average molecular weight is 186 g/mol. The fourth-order valence-corrected chi connectivity index (χ4v) is 1.17. The summed E-state index contributed by atoms with van der Waals surface area (Å²) in [6, 6.07) is 15.7. The smallest absolute Gasteiger partial charge is 0.123 e. The van der Waals surface area contributed by atoms with E-state index in [-0.39, 0.29) is 5.82 Å². The van der Waals surface area contributed by atoms with Crippen LogP contribution in [0.15, 0.2) is 54.6 Å². The molecule has 0 aliphatic carbocycles. The fraction of sp³-hybridized carbons (Fsp3) is 0. The zero-order valence-corrected chi connectivity index (χ0v) is 7.52. The van der Waals surface area contributed by atoms with Gasteiger partial charge in [-0.25, -0.2) is 9.71 Å². The maximum atomic E-state index is 12.6. The first-order chi connectivity index (χ1) is 6.84. The number of rotatable bonds is 2. The average Bonchev–Trinajstić information content (AvgIpc) is 2.23. The van der Waals surface area contributed by atoms with E-state index in [0.717, 1.165) is 11.4 Å². The van der Waals surface area contributed by atoms with Crippen LogP contribution in [0.25, 0.3) is 0 Å². The number of nitrogens with zero attached hydrogens (tertiary/aromatic N) is 1. The lowest BCUT2D eigenvalue weighted by Crippen LogP contribution is -1.87. The summed E-state index contributed by atoms with van der Waals surface area (Å²) in [4.78, 5) is 0. The molecule has 2 aromatic rings. The van der Waals surface area contributed by atoms with Crippen LogP contribution in [0.2, 0.25) is 0 Å². The number of para-hydroxylation sites is 1. The molecule has 2 rings (SSSR count). The molecule has 14 heavy (non-hydrogen) atoms. The largest absolute Gasteiger partial charge is 0.249 e. The number of hydrogen-bond acceptors (Lipinski definition) is 0. The second kappa shape index (κ2) is 3.92. The topological polar surface area (TPSA) is 14.1 Å². The van der Waals surface area contributed by atoms with Gasteiger partial charge in [-0.3, -0.25) is 0 Å². The molecule has 0 heterocycles. The van der Waals surface area contributed by atoms with E-state index in [1.165, 1.54) is 12.1 Å². The van der Waals surface area contributed by atoms with Crippen molar-refractivity contribution < 1.29 is 4.39 Å². The second-order valence-electron chi connectivity index (χ2n) is 2.92. The highest BCUT2D eigenvalue weighted by Gasteiger charge is 1.95. The monoisotopic (exact) mass is 186 g/mol. The molecular weight excluding hydrogens is 177 g/mol. The highest BCUT2D eigenvalue weighted by atomic mass is 19.1. The Labute approximate surface area is 82.2 Å². The van der Waals surface area contributed by atoms with E-state index < -0.39 is 0 Å². The lowest BCUT2D eigenvalue weighted by molar-refractivity contribution is 0.627. The van der Waals surface area contributed by atoms with Crippen LogP contribution in [0.1, 0.15) is 0 Å². The van der Waals surface area contributed by atoms with Crippen LogP contribution in [0.4, 0.5) is 15.8 Å². The first-order valence-corrected chi connectivity index (χ1v) is 4.37. The summed E-state index contributed by atoms with van der Waals surface area (Å²) in [6.07, 6.45) is 0. The SMILES string of the molecule is Fc1ccc([N]c2ccccc2)cc1. The van der Waals surface area contributed by atoms with E-state index in [4.69, 9.17) is 0 Å². The van der Waals surface area contributed by atoms with E-state index >= 15 is 0 Å². The van der Waals surface area contributed by atoms with E-state index in [2.05, 4.69) is 5.32 Å². The third kappa shape index (κ3) is 2.10.